The summed E-state index contributed by atoms with van der Waals surface area (Å²) in [6, 6.07) is 6.27. The van der Waals surface area contributed by atoms with Crippen molar-refractivity contribution in [3.8, 4) is 5.75 Å². The topological polar surface area (TPSA) is 40.2 Å². The lowest BCUT2D eigenvalue weighted by Crippen LogP contribution is -2.41. The van der Waals surface area contributed by atoms with Crippen LogP contribution in [0.3, 0.4) is 0 Å². The first-order valence-electron chi connectivity index (χ1n) is 9.54. The van der Waals surface area contributed by atoms with Gasteiger partial charge in [0.2, 0.25) is 0 Å². The average molecular weight is 361 g/mol. The maximum absolute atomic E-state index is 6.22. The van der Waals surface area contributed by atoms with Crippen molar-refractivity contribution < 1.29 is 18.8 Å². The SMILES string of the molecule is COc1ccc(CN(C)CC2CCCO2)cc1B1OC(C)(C)C(C)(C)O1. The Hall–Kier alpha value is -1.08. The van der Waals surface area contributed by atoms with Gasteiger partial charge in [0.15, 0.2) is 0 Å². The van der Waals surface area contributed by atoms with Gasteiger partial charge in [-0.05, 0) is 59.2 Å². The molecule has 26 heavy (non-hydrogen) atoms. The molecule has 2 aliphatic rings. The van der Waals surface area contributed by atoms with Crippen molar-refractivity contribution in [1.29, 1.82) is 0 Å². The molecule has 1 aromatic carbocycles. The maximum atomic E-state index is 6.22. The van der Waals surface area contributed by atoms with Crippen LogP contribution in [0.1, 0.15) is 46.1 Å². The van der Waals surface area contributed by atoms with Crippen molar-refractivity contribution in [2.45, 2.75) is 64.4 Å². The second kappa shape index (κ2) is 7.51. The van der Waals surface area contributed by atoms with Gasteiger partial charge in [0.25, 0.3) is 0 Å². The number of hydrogen-bond donors (Lipinski definition) is 0. The summed E-state index contributed by atoms with van der Waals surface area (Å²) in [7, 11) is 3.41. The van der Waals surface area contributed by atoms with Crippen molar-refractivity contribution in [2.75, 3.05) is 27.3 Å². The van der Waals surface area contributed by atoms with Gasteiger partial charge in [-0.25, -0.2) is 0 Å². The van der Waals surface area contributed by atoms with Gasteiger partial charge in [0.1, 0.15) is 5.75 Å². The van der Waals surface area contributed by atoms with Crippen LogP contribution >= 0.6 is 0 Å². The van der Waals surface area contributed by atoms with Gasteiger partial charge >= 0.3 is 7.12 Å². The van der Waals surface area contributed by atoms with Gasteiger partial charge in [-0.15, -0.1) is 0 Å². The molecule has 1 unspecified atom stereocenters. The van der Waals surface area contributed by atoms with Gasteiger partial charge in [-0.1, -0.05) is 12.1 Å². The number of nitrogens with zero attached hydrogens (tertiary/aromatic N) is 1. The van der Waals surface area contributed by atoms with Crippen LogP contribution in [0, 0.1) is 0 Å². The number of benzene rings is 1. The molecule has 5 nitrogen and oxygen atoms in total. The van der Waals surface area contributed by atoms with Gasteiger partial charge in [0.05, 0.1) is 24.4 Å². The van der Waals surface area contributed by atoms with Crippen LogP contribution in [0.2, 0.25) is 0 Å². The standard InChI is InChI=1S/C20H32BNO4/c1-19(2)20(3,4)26-21(25-19)17-12-15(9-10-18(17)23-6)13-22(5)14-16-8-7-11-24-16/h9-10,12,16H,7-8,11,13-14H2,1-6H3. The number of likely N-dealkylation sites (N-methyl/N-ethyl adjacent to an activating group) is 1. The predicted octanol–water partition coefficient (Wildman–Crippen LogP) is 2.61. The van der Waals surface area contributed by atoms with E-state index < -0.39 is 7.12 Å². The molecule has 0 spiro atoms. The molecule has 2 aliphatic heterocycles. The van der Waals surface area contributed by atoms with Crippen molar-refractivity contribution >= 4 is 12.6 Å². The molecular weight excluding hydrogens is 329 g/mol. The van der Waals surface area contributed by atoms with Crippen molar-refractivity contribution in [3.63, 3.8) is 0 Å². The molecule has 0 amide bonds. The first kappa shape index (κ1) is 19.7. The van der Waals surface area contributed by atoms with Crippen LogP contribution in [0.5, 0.6) is 5.75 Å². The minimum atomic E-state index is -0.418. The highest BCUT2D eigenvalue weighted by atomic mass is 16.7. The minimum Gasteiger partial charge on any atom is -0.497 e. The van der Waals surface area contributed by atoms with Gasteiger partial charge in [-0.2, -0.15) is 0 Å². The molecule has 6 heteroatoms. The molecule has 0 bridgehead atoms. The molecule has 1 aromatic rings. The largest absolute Gasteiger partial charge is 0.498 e. The minimum absolute atomic E-state index is 0.362. The Balaban J connectivity index is 1.74. The molecular formula is C20H32BNO4. The summed E-state index contributed by atoms with van der Waals surface area (Å²) in [6.45, 7) is 11.0. The van der Waals surface area contributed by atoms with Crippen molar-refractivity contribution in [1.82, 2.24) is 4.90 Å². The molecule has 2 heterocycles. The highest BCUT2D eigenvalue weighted by Crippen LogP contribution is 2.37. The van der Waals surface area contributed by atoms with E-state index in [1.807, 2.05) is 6.07 Å². The summed E-state index contributed by atoms with van der Waals surface area (Å²) in [6.07, 6.45) is 2.69. The molecule has 2 fully saturated rings. The summed E-state index contributed by atoms with van der Waals surface area (Å²) in [5.41, 5.74) is 1.44. The van der Waals surface area contributed by atoms with E-state index in [0.717, 1.165) is 37.3 Å². The second-order valence-corrected chi connectivity index (χ2v) is 8.50. The highest BCUT2D eigenvalue weighted by molar-refractivity contribution is 6.63. The van der Waals surface area contributed by atoms with Crippen molar-refractivity contribution in [2.24, 2.45) is 0 Å². The van der Waals surface area contributed by atoms with Gasteiger partial charge < -0.3 is 18.8 Å². The Morgan fingerprint density at radius 1 is 1.19 bits per heavy atom. The first-order valence-corrected chi connectivity index (χ1v) is 9.54. The van der Waals surface area contributed by atoms with E-state index >= 15 is 0 Å². The summed E-state index contributed by atoms with van der Waals surface area (Å²) in [5, 5.41) is 0. The smallest absolute Gasteiger partial charge is 0.497 e. The molecule has 3 rings (SSSR count). The molecule has 0 aliphatic carbocycles. The van der Waals surface area contributed by atoms with E-state index in [-0.39, 0.29) is 11.2 Å². The van der Waals surface area contributed by atoms with Gasteiger partial charge in [-0.3, -0.25) is 4.90 Å². The van der Waals surface area contributed by atoms with Crippen LogP contribution in [0.4, 0.5) is 0 Å². The van der Waals surface area contributed by atoms with E-state index in [0.29, 0.717) is 6.10 Å². The lowest BCUT2D eigenvalue weighted by Gasteiger charge is -2.32. The van der Waals surface area contributed by atoms with E-state index in [1.165, 1.54) is 12.0 Å². The lowest BCUT2D eigenvalue weighted by atomic mass is 9.77. The molecule has 2 saturated heterocycles. The van der Waals surface area contributed by atoms with E-state index in [4.69, 9.17) is 18.8 Å². The Bertz CT molecular complexity index is 612. The Morgan fingerprint density at radius 3 is 2.46 bits per heavy atom. The number of rotatable bonds is 6. The second-order valence-electron chi connectivity index (χ2n) is 8.50. The van der Waals surface area contributed by atoms with Crippen LogP contribution < -0.4 is 10.2 Å². The zero-order valence-corrected chi connectivity index (χ0v) is 17.0. The molecule has 144 valence electrons. The van der Waals surface area contributed by atoms with Crippen LogP contribution in [0.25, 0.3) is 0 Å². The molecule has 1 atom stereocenters. The van der Waals surface area contributed by atoms with E-state index in [9.17, 15) is 0 Å². The van der Waals surface area contributed by atoms with E-state index in [2.05, 4.69) is 51.8 Å². The Morgan fingerprint density at radius 2 is 1.88 bits per heavy atom. The third kappa shape index (κ3) is 4.09. The highest BCUT2D eigenvalue weighted by Gasteiger charge is 2.52. The zero-order valence-electron chi connectivity index (χ0n) is 17.0. The predicted molar refractivity (Wildman–Crippen MR) is 104 cm³/mol. The van der Waals surface area contributed by atoms with E-state index in [1.54, 1.807) is 7.11 Å². The molecule has 0 aromatic heterocycles. The van der Waals surface area contributed by atoms with Gasteiger partial charge in [0, 0.05) is 25.2 Å². The van der Waals surface area contributed by atoms with Crippen LogP contribution in [-0.2, 0) is 20.6 Å². The number of hydrogen-bond acceptors (Lipinski definition) is 5. The monoisotopic (exact) mass is 361 g/mol. The summed E-state index contributed by atoms with van der Waals surface area (Å²) in [4.78, 5) is 2.31. The quantitative estimate of drug-likeness (QED) is 0.729. The fraction of sp³-hybridized carbons (Fsp3) is 0.700. The summed E-state index contributed by atoms with van der Waals surface area (Å²) >= 11 is 0. The third-order valence-corrected chi connectivity index (χ3v) is 5.79. The maximum Gasteiger partial charge on any atom is 0.498 e. The lowest BCUT2D eigenvalue weighted by molar-refractivity contribution is 0.00578. The normalized spacial score (nSPS) is 24.4. The Kier molecular flexibility index (Phi) is 5.68. The molecule has 0 radical (unpaired) electrons. The summed E-state index contributed by atoms with van der Waals surface area (Å²) < 4.78 is 23.8. The average Bonchev–Trinajstić information content (AvgIpc) is 3.13. The fourth-order valence-corrected chi connectivity index (χ4v) is 3.55. The first-order chi connectivity index (χ1) is 12.2. The summed E-state index contributed by atoms with van der Waals surface area (Å²) in [5.74, 6) is 0.800. The van der Waals surface area contributed by atoms with Crippen LogP contribution in [0.15, 0.2) is 18.2 Å². The molecule has 0 saturated carbocycles. The van der Waals surface area contributed by atoms with Crippen molar-refractivity contribution in [3.05, 3.63) is 23.8 Å². The van der Waals surface area contributed by atoms with Crippen LogP contribution in [-0.4, -0.2) is 56.6 Å². The molecule has 0 N–H and O–H groups in total. The third-order valence-electron chi connectivity index (χ3n) is 5.79. The zero-order chi connectivity index (χ0) is 18.9. The number of methoxy groups -OCH3 is 1. The Labute approximate surface area is 158 Å². The number of ether oxygens (including phenoxy) is 2. The fourth-order valence-electron chi connectivity index (χ4n) is 3.55.